The van der Waals surface area contributed by atoms with Gasteiger partial charge in [0.25, 0.3) is 0 Å². The van der Waals surface area contributed by atoms with Crippen LogP contribution >= 0.6 is 0 Å². The number of carboxylic acids is 1. The number of rotatable bonds is 5. The number of hydrogen-bond donors (Lipinski definition) is 1. The molecular weight excluding hydrogens is 270 g/mol. The van der Waals surface area contributed by atoms with E-state index in [2.05, 4.69) is 0 Å². The van der Waals surface area contributed by atoms with E-state index in [4.69, 9.17) is 9.84 Å². The van der Waals surface area contributed by atoms with Crippen LogP contribution in [0.15, 0.2) is 36.4 Å². The van der Waals surface area contributed by atoms with Gasteiger partial charge in [0.1, 0.15) is 6.54 Å². The van der Waals surface area contributed by atoms with Crippen molar-refractivity contribution >= 4 is 18.0 Å². The first-order chi connectivity index (χ1) is 10.2. The Bertz CT molecular complexity index is 506. The van der Waals surface area contributed by atoms with Crippen molar-refractivity contribution in [2.24, 2.45) is 0 Å². The number of ether oxygens (including phenoxy) is 1. The van der Waals surface area contributed by atoms with E-state index in [-0.39, 0.29) is 18.5 Å². The quantitative estimate of drug-likeness (QED) is 0.839. The molecule has 1 heterocycles. The Morgan fingerprint density at radius 1 is 1.24 bits per heavy atom. The molecule has 5 nitrogen and oxygen atoms in total. The molecule has 1 aliphatic heterocycles. The second-order valence-electron chi connectivity index (χ2n) is 4.95. The van der Waals surface area contributed by atoms with Gasteiger partial charge in [-0.2, -0.15) is 0 Å². The van der Waals surface area contributed by atoms with Gasteiger partial charge < -0.3 is 14.7 Å². The Balaban J connectivity index is 2.06. The molecule has 1 aromatic rings. The van der Waals surface area contributed by atoms with Crippen molar-refractivity contribution in [3.8, 4) is 0 Å². The van der Waals surface area contributed by atoms with Crippen LogP contribution in [0, 0.1) is 0 Å². The molecule has 1 saturated heterocycles. The molecule has 0 bridgehead atoms. The highest BCUT2D eigenvalue weighted by molar-refractivity contribution is 5.93. The first kappa shape index (κ1) is 15.3. The molecule has 0 aliphatic carbocycles. The van der Waals surface area contributed by atoms with E-state index in [0.29, 0.717) is 26.1 Å². The van der Waals surface area contributed by atoms with E-state index >= 15 is 0 Å². The molecule has 1 aliphatic rings. The predicted molar refractivity (Wildman–Crippen MR) is 78.7 cm³/mol. The van der Waals surface area contributed by atoms with Gasteiger partial charge in [-0.25, -0.2) is 0 Å². The molecule has 0 unspecified atom stereocenters. The topological polar surface area (TPSA) is 66.8 Å². The van der Waals surface area contributed by atoms with Crippen LogP contribution in [0.4, 0.5) is 0 Å². The van der Waals surface area contributed by atoms with Crippen molar-refractivity contribution in [1.29, 1.82) is 0 Å². The predicted octanol–water partition coefficient (Wildman–Crippen LogP) is 1.79. The summed E-state index contributed by atoms with van der Waals surface area (Å²) in [5, 5.41) is 9.00. The zero-order chi connectivity index (χ0) is 15.1. The number of benzene rings is 1. The number of amides is 1. The van der Waals surface area contributed by atoms with Gasteiger partial charge in [0.2, 0.25) is 5.91 Å². The second-order valence-corrected chi connectivity index (χ2v) is 4.95. The molecule has 0 saturated carbocycles. The smallest absolute Gasteiger partial charge is 0.323 e. The lowest BCUT2D eigenvalue weighted by Crippen LogP contribution is -2.45. The van der Waals surface area contributed by atoms with Gasteiger partial charge in [0, 0.05) is 25.3 Å². The van der Waals surface area contributed by atoms with Gasteiger partial charge in [0.05, 0.1) is 0 Å². The first-order valence-electron chi connectivity index (χ1n) is 7.00. The number of carbonyl (C=O) groups excluding carboxylic acids is 1. The molecule has 2 rings (SSSR count). The number of carbonyl (C=O) groups is 2. The average molecular weight is 289 g/mol. The average Bonchev–Trinajstić information content (AvgIpc) is 2.52. The van der Waals surface area contributed by atoms with E-state index in [9.17, 15) is 9.59 Å². The van der Waals surface area contributed by atoms with Crippen molar-refractivity contribution in [1.82, 2.24) is 4.90 Å². The minimum Gasteiger partial charge on any atom is -0.480 e. The second kappa shape index (κ2) is 7.59. The Labute approximate surface area is 123 Å². The van der Waals surface area contributed by atoms with Gasteiger partial charge in [-0.3, -0.25) is 9.59 Å². The van der Waals surface area contributed by atoms with E-state index in [1.54, 1.807) is 6.08 Å². The molecule has 0 atom stereocenters. The lowest BCUT2D eigenvalue weighted by atomic mass is 10.1. The molecule has 21 heavy (non-hydrogen) atoms. The summed E-state index contributed by atoms with van der Waals surface area (Å²) in [5.74, 6) is -1.27. The zero-order valence-electron chi connectivity index (χ0n) is 11.8. The minimum atomic E-state index is -0.997. The Hall–Kier alpha value is -2.14. The van der Waals surface area contributed by atoms with Crippen LogP contribution in [0.1, 0.15) is 18.4 Å². The lowest BCUT2D eigenvalue weighted by Gasteiger charge is -2.32. The largest absolute Gasteiger partial charge is 0.480 e. The van der Waals surface area contributed by atoms with Crippen molar-refractivity contribution in [3.05, 3.63) is 42.0 Å². The van der Waals surface area contributed by atoms with E-state index < -0.39 is 5.97 Å². The van der Waals surface area contributed by atoms with E-state index in [1.165, 1.54) is 11.0 Å². The fourth-order valence-electron chi connectivity index (χ4n) is 2.36. The van der Waals surface area contributed by atoms with Gasteiger partial charge in [0.15, 0.2) is 0 Å². The summed E-state index contributed by atoms with van der Waals surface area (Å²) in [6, 6.07) is 9.38. The Morgan fingerprint density at radius 2 is 1.90 bits per heavy atom. The maximum Gasteiger partial charge on any atom is 0.323 e. The fourth-order valence-corrected chi connectivity index (χ4v) is 2.36. The van der Waals surface area contributed by atoms with Gasteiger partial charge in [-0.05, 0) is 24.5 Å². The Kier molecular flexibility index (Phi) is 5.51. The molecule has 1 amide bonds. The summed E-state index contributed by atoms with van der Waals surface area (Å²) >= 11 is 0. The maximum atomic E-state index is 12.3. The number of nitrogens with zero attached hydrogens (tertiary/aromatic N) is 1. The standard InChI is InChI=1S/C16H19NO4/c18-15(7-6-13-4-2-1-3-5-13)17(12-16(19)20)14-8-10-21-11-9-14/h1-7,14H,8-12H2,(H,19,20)/b7-6+. The van der Waals surface area contributed by atoms with E-state index in [1.807, 2.05) is 30.3 Å². The summed E-state index contributed by atoms with van der Waals surface area (Å²) in [7, 11) is 0. The maximum absolute atomic E-state index is 12.3. The first-order valence-corrected chi connectivity index (χ1v) is 7.00. The molecule has 112 valence electrons. The van der Waals surface area contributed by atoms with Crippen LogP contribution in [0.5, 0.6) is 0 Å². The van der Waals surface area contributed by atoms with Crippen molar-refractivity contribution < 1.29 is 19.4 Å². The molecule has 0 spiro atoms. The van der Waals surface area contributed by atoms with Gasteiger partial charge >= 0.3 is 5.97 Å². The molecule has 5 heteroatoms. The summed E-state index contributed by atoms with van der Waals surface area (Å²) in [6.07, 6.45) is 4.50. The summed E-state index contributed by atoms with van der Waals surface area (Å²) in [5.41, 5.74) is 0.910. The number of carboxylic acid groups (broad SMARTS) is 1. The molecular formula is C16H19NO4. The van der Waals surface area contributed by atoms with Crippen molar-refractivity contribution in [2.75, 3.05) is 19.8 Å². The van der Waals surface area contributed by atoms with Crippen molar-refractivity contribution in [3.63, 3.8) is 0 Å². The number of aliphatic carboxylic acids is 1. The summed E-state index contributed by atoms with van der Waals surface area (Å²) in [6.45, 7) is 0.857. The van der Waals surface area contributed by atoms with Crippen LogP contribution in [0.25, 0.3) is 6.08 Å². The molecule has 0 aromatic heterocycles. The van der Waals surface area contributed by atoms with Crippen LogP contribution in [0.2, 0.25) is 0 Å². The van der Waals surface area contributed by atoms with E-state index in [0.717, 1.165) is 5.56 Å². The fraction of sp³-hybridized carbons (Fsp3) is 0.375. The van der Waals surface area contributed by atoms with Crippen LogP contribution in [-0.4, -0.2) is 47.7 Å². The highest BCUT2D eigenvalue weighted by Crippen LogP contribution is 2.15. The van der Waals surface area contributed by atoms with Crippen LogP contribution < -0.4 is 0 Å². The van der Waals surface area contributed by atoms with Crippen LogP contribution in [0.3, 0.4) is 0 Å². The molecule has 1 aromatic carbocycles. The SMILES string of the molecule is O=C(O)CN(C(=O)/C=C/c1ccccc1)C1CCOCC1. The van der Waals surface area contributed by atoms with Crippen LogP contribution in [-0.2, 0) is 14.3 Å². The summed E-state index contributed by atoms with van der Waals surface area (Å²) < 4.78 is 5.26. The van der Waals surface area contributed by atoms with Crippen molar-refractivity contribution in [2.45, 2.75) is 18.9 Å². The summed E-state index contributed by atoms with van der Waals surface area (Å²) in [4.78, 5) is 24.7. The highest BCUT2D eigenvalue weighted by Gasteiger charge is 2.26. The minimum absolute atomic E-state index is 0.0669. The Morgan fingerprint density at radius 3 is 2.52 bits per heavy atom. The third kappa shape index (κ3) is 4.72. The molecule has 0 radical (unpaired) electrons. The molecule has 1 N–H and O–H groups in total. The van der Waals surface area contributed by atoms with Gasteiger partial charge in [-0.15, -0.1) is 0 Å². The zero-order valence-corrected chi connectivity index (χ0v) is 11.8. The lowest BCUT2D eigenvalue weighted by molar-refractivity contribution is -0.145. The third-order valence-electron chi connectivity index (χ3n) is 3.44. The third-order valence-corrected chi connectivity index (χ3v) is 3.44. The normalized spacial score (nSPS) is 16.0. The monoisotopic (exact) mass is 289 g/mol. The molecule has 1 fully saturated rings. The van der Waals surface area contributed by atoms with Gasteiger partial charge in [-0.1, -0.05) is 30.3 Å². The number of hydrogen-bond acceptors (Lipinski definition) is 3. The highest BCUT2D eigenvalue weighted by atomic mass is 16.5.